The first-order valence-corrected chi connectivity index (χ1v) is 6.40. The van der Waals surface area contributed by atoms with Crippen molar-refractivity contribution >= 4 is 27.5 Å². The van der Waals surface area contributed by atoms with Crippen LogP contribution in [-0.4, -0.2) is 20.9 Å². The molecule has 3 nitrogen and oxygen atoms in total. The molecular weight excluding hydrogens is 308 g/mol. The van der Waals surface area contributed by atoms with Crippen molar-refractivity contribution < 1.29 is 4.39 Å². The molecule has 0 aliphatic rings. The summed E-state index contributed by atoms with van der Waals surface area (Å²) in [5, 5.41) is 7.97. The minimum atomic E-state index is -0.268. The number of nitrogens with zero attached hydrogens (tertiary/aromatic N) is 3. The Morgan fingerprint density at radius 3 is 2.94 bits per heavy atom. The highest BCUT2D eigenvalue weighted by molar-refractivity contribution is 9.10. The van der Waals surface area contributed by atoms with Crippen molar-refractivity contribution in [3.8, 4) is 0 Å². The summed E-state index contributed by atoms with van der Waals surface area (Å²) in [6.07, 6.45) is 2.55. The van der Waals surface area contributed by atoms with Crippen LogP contribution in [0.2, 0.25) is 0 Å². The topological polar surface area (TPSA) is 30.7 Å². The lowest BCUT2D eigenvalue weighted by Crippen LogP contribution is -2.00. The van der Waals surface area contributed by atoms with E-state index in [9.17, 15) is 4.39 Å². The monoisotopic (exact) mass is 317 g/mol. The first-order valence-electron chi connectivity index (χ1n) is 5.08. The lowest BCUT2D eigenvalue weighted by molar-refractivity contribution is 0.615. The third-order valence-corrected chi connectivity index (χ3v) is 3.06. The Morgan fingerprint density at radius 1 is 1.41 bits per heavy atom. The summed E-state index contributed by atoms with van der Waals surface area (Å²) in [4.78, 5) is 0. The van der Waals surface area contributed by atoms with Crippen LogP contribution in [0.25, 0.3) is 0 Å². The number of hydrogen-bond acceptors (Lipinski definition) is 2. The number of benzene rings is 1. The van der Waals surface area contributed by atoms with Gasteiger partial charge in [-0.2, -0.15) is 0 Å². The molecule has 0 spiro atoms. The molecule has 0 atom stereocenters. The van der Waals surface area contributed by atoms with Crippen LogP contribution in [0.1, 0.15) is 11.3 Å². The van der Waals surface area contributed by atoms with E-state index in [1.807, 2.05) is 6.20 Å². The Bertz CT molecular complexity index is 515. The van der Waals surface area contributed by atoms with Crippen molar-refractivity contribution in [3.63, 3.8) is 0 Å². The van der Waals surface area contributed by atoms with Gasteiger partial charge in [-0.05, 0) is 33.6 Å². The SMILES string of the molecule is Fc1ccc(Cn2cc(CCCl)nn2)cc1Br. The fraction of sp³-hybridized carbons (Fsp3) is 0.273. The molecule has 0 radical (unpaired) electrons. The summed E-state index contributed by atoms with van der Waals surface area (Å²) in [6.45, 7) is 0.564. The van der Waals surface area contributed by atoms with Crippen molar-refractivity contribution in [1.29, 1.82) is 0 Å². The standard InChI is InChI=1S/C11H10BrClFN3/c12-10-5-8(1-2-11(10)14)6-17-7-9(3-4-13)15-16-17/h1-2,5,7H,3-4,6H2. The summed E-state index contributed by atoms with van der Waals surface area (Å²) >= 11 is 8.77. The molecule has 2 rings (SSSR count). The normalized spacial score (nSPS) is 10.8. The van der Waals surface area contributed by atoms with Crippen LogP contribution >= 0.6 is 27.5 Å². The van der Waals surface area contributed by atoms with Gasteiger partial charge in [-0.3, -0.25) is 0 Å². The van der Waals surface area contributed by atoms with Crippen LogP contribution in [0.4, 0.5) is 4.39 Å². The Labute approximate surface area is 112 Å². The largest absolute Gasteiger partial charge is 0.248 e. The minimum Gasteiger partial charge on any atom is -0.248 e. The van der Waals surface area contributed by atoms with E-state index in [4.69, 9.17) is 11.6 Å². The van der Waals surface area contributed by atoms with Gasteiger partial charge in [0, 0.05) is 18.5 Å². The van der Waals surface area contributed by atoms with Crippen molar-refractivity contribution in [2.75, 3.05) is 5.88 Å². The van der Waals surface area contributed by atoms with Gasteiger partial charge in [-0.25, -0.2) is 9.07 Å². The number of alkyl halides is 1. The zero-order valence-corrected chi connectivity index (χ0v) is 11.2. The summed E-state index contributed by atoms with van der Waals surface area (Å²) in [7, 11) is 0. The Hall–Kier alpha value is -0.940. The van der Waals surface area contributed by atoms with E-state index >= 15 is 0 Å². The van der Waals surface area contributed by atoms with Crippen LogP contribution in [0.3, 0.4) is 0 Å². The summed E-state index contributed by atoms with van der Waals surface area (Å²) in [6, 6.07) is 4.89. The third kappa shape index (κ3) is 3.26. The Morgan fingerprint density at radius 2 is 2.24 bits per heavy atom. The molecule has 1 aromatic carbocycles. The van der Waals surface area contributed by atoms with E-state index < -0.39 is 0 Å². The quantitative estimate of drug-likeness (QED) is 0.811. The molecule has 90 valence electrons. The molecule has 0 N–H and O–H groups in total. The molecule has 1 aromatic heterocycles. The van der Waals surface area contributed by atoms with Crippen molar-refractivity contribution in [3.05, 3.63) is 45.9 Å². The molecule has 0 bridgehead atoms. The second-order valence-electron chi connectivity index (χ2n) is 3.59. The number of halogens is 3. The Balaban J connectivity index is 2.11. The van der Waals surface area contributed by atoms with Gasteiger partial charge >= 0.3 is 0 Å². The average Bonchev–Trinajstić information content (AvgIpc) is 2.72. The molecule has 6 heteroatoms. The second kappa shape index (κ2) is 5.60. The van der Waals surface area contributed by atoms with Crippen molar-refractivity contribution in [1.82, 2.24) is 15.0 Å². The van der Waals surface area contributed by atoms with Crippen molar-refractivity contribution in [2.24, 2.45) is 0 Å². The number of hydrogen-bond donors (Lipinski definition) is 0. The highest BCUT2D eigenvalue weighted by Crippen LogP contribution is 2.17. The Kier molecular flexibility index (Phi) is 4.12. The van der Waals surface area contributed by atoms with E-state index in [0.717, 1.165) is 11.3 Å². The van der Waals surface area contributed by atoms with E-state index in [1.54, 1.807) is 16.8 Å². The smallest absolute Gasteiger partial charge is 0.137 e. The molecule has 0 fully saturated rings. The van der Waals surface area contributed by atoms with Gasteiger partial charge in [-0.15, -0.1) is 16.7 Å². The van der Waals surface area contributed by atoms with Crippen LogP contribution < -0.4 is 0 Å². The van der Waals surface area contributed by atoms with E-state index in [-0.39, 0.29) is 5.82 Å². The lowest BCUT2D eigenvalue weighted by Gasteiger charge is -2.02. The maximum atomic E-state index is 13.0. The van der Waals surface area contributed by atoms with Crippen LogP contribution in [0.5, 0.6) is 0 Å². The lowest BCUT2D eigenvalue weighted by atomic mass is 10.2. The molecule has 0 aliphatic carbocycles. The minimum absolute atomic E-state index is 0.268. The third-order valence-electron chi connectivity index (χ3n) is 2.27. The zero-order valence-electron chi connectivity index (χ0n) is 8.91. The maximum absolute atomic E-state index is 13.0. The summed E-state index contributed by atoms with van der Waals surface area (Å²) < 4.78 is 15.2. The van der Waals surface area contributed by atoms with E-state index in [1.165, 1.54) is 6.07 Å². The molecule has 0 saturated carbocycles. The molecule has 0 unspecified atom stereocenters. The average molecular weight is 319 g/mol. The van der Waals surface area contributed by atoms with Gasteiger partial charge in [0.25, 0.3) is 0 Å². The molecule has 0 saturated heterocycles. The van der Waals surface area contributed by atoms with E-state index in [2.05, 4.69) is 26.2 Å². The predicted octanol–water partition coefficient (Wildman–Crippen LogP) is 3.01. The maximum Gasteiger partial charge on any atom is 0.137 e. The van der Waals surface area contributed by atoms with Gasteiger partial charge in [-0.1, -0.05) is 11.3 Å². The predicted molar refractivity (Wildman–Crippen MR) is 67.6 cm³/mol. The van der Waals surface area contributed by atoms with Crippen LogP contribution in [0.15, 0.2) is 28.9 Å². The van der Waals surface area contributed by atoms with Gasteiger partial charge in [0.15, 0.2) is 0 Å². The van der Waals surface area contributed by atoms with Gasteiger partial charge in [0.2, 0.25) is 0 Å². The second-order valence-corrected chi connectivity index (χ2v) is 4.83. The first-order chi connectivity index (χ1) is 8.19. The molecule has 0 amide bonds. The number of rotatable bonds is 4. The van der Waals surface area contributed by atoms with Crippen molar-refractivity contribution in [2.45, 2.75) is 13.0 Å². The fourth-order valence-corrected chi connectivity index (χ4v) is 2.07. The molecule has 17 heavy (non-hydrogen) atoms. The number of aryl methyl sites for hydroxylation is 1. The fourth-order valence-electron chi connectivity index (χ4n) is 1.45. The van der Waals surface area contributed by atoms with Gasteiger partial charge in [0.1, 0.15) is 5.82 Å². The summed E-state index contributed by atoms with van der Waals surface area (Å²) in [5.74, 6) is 0.260. The first kappa shape index (κ1) is 12.5. The zero-order chi connectivity index (χ0) is 12.3. The summed E-state index contributed by atoms with van der Waals surface area (Å²) in [5.41, 5.74) is 1.82. The van der Waals surface area contributed by atoms with Crippen LogP contribution in [0, 0.1) is 5.82 Å². The molecule has 0 aliphatic heterocycles. The van der Waals surface area contributed by atoms with Gasteiger partial charge in [0.05, 0.1) is 16.7 Å². The van der Waals surface area contributed by atoms with Crippen LogP contribution in [-0.2, 0) is 13.0 Å². The number of aromatic nitrogens is 3. The molecule has 2 aromatic rings. The molecule has 1 heterocycles. The molecular formula is C11H10BrClFN3. The van der Waals surface area contributed by atoms with Gasteiger partial charge < -0.3 is 0 Å². The van der Waals surface area contributed by atoms with E-state index in [0.29, 0.717) is 23.3 Å². The highest BCUT2D eigenvalue weighted by atomic mass is 79.9. The highest BCUT2D eigenvalue weighted by Gasteiger charge is 2.03.